The lowest BCUT2D eigenvalue weighted by Crippen LogP contribution is -2.39. The number of benzene rings is 1. The van der Waals surface area contributed by atoms with Crippen molar-refractivity contribution in [1.82, 2.24) is 9.55 Å². The summed E-state index contributed by atoms with van der Waals surface area (Å²) >= 11 is 0. The van der Waals surface area contributed by atoms with Crippen LogP contribution in [-0.4, -0.2) is 40.7 Å². The van der Waals surface area contributed by atoms with E-state index in [1.54, 1.807) is 0 Å². The van der Waals surface area contributed by atoms with Gasteiger partial charge in [0, 0.05) is 13.1 Å². The van der Waals surface area contributed by atoms with Crippen LogP contribution in [0.1, 0.15) is 5.56 Å². The summed E-state index contributed by atoms with van der Waals surface area (Å²) in [6.07, 6.45) is -4.70. The van der Waals surface area contributed by atoms with E-state index in [4.69, 9.17) is 9.63 Å². The first-order chi connectivity index (χ1) is 12.7. The standard InChI is InChI=1S/C14H15F3N3O6P/c15-14(16,17)8-5-9-11(6-10(8)19-1-3-25-4-2-19)20(7-26-27(23)24)13(22)12(21)18-9/h5-6,27H,1-4,7H2,(H,18,21)(H,23,24). The molecule has 1 saturated heterocycles. The fourth-order valence-electron chi connectivity index (χ4n) is 2.85. The highest BCUT2D eigenvalue weighted by Gasteiger charge is 2.36. The van der Waals surface area contributed by atoms with Crippen molar-refractivity contribution >= 4 is 25.0 Å². The molecule has 2 heterocycles. The van der Waals surface area contributed by atoms with Crippen molar-refractivity contribution in [2.75, 3.05) is 31.2 Å². The third-order valence-electron chi connectivity index (χ3n) is 4.07. The number of fused-ring (bicyclic) bond motifs is 1. The Labute approximate surface area is 149 Å². The number of aromatic nitrogens is 2. The number of aromatic amines is 1. The molecule has 1 aromatic carbocycles. The second kappa shape index (κ2) is 7.47. The van der Waals surface area contributed by atoms with Crippen LogP contribution in [0.2, 0.25) is 0 Å². The molecule has 1 atom stereocenters. The Hall–Kier alpha value is -2.14. The van der Waals surface area contributed by atoms with Crippen molar-refractivity contribution in [3.05, 3.63) is 38.4 Å². The predicted octanol–water partition coefficient (Wildman–Crippen LogP) is 0.901. The van der Waals surface area contributed by atoms with E-state index in [0.29, 0.717) is 0 Å². The minimum absolute atomic E-state index is 0.0580. The van der Waals surface area contributed by atoms with Crippen LogP contribution >= 0.6 is 8.25 Å². The average molecular weight is 409 g/mol. The van der Waals surface area contributed by atoms with E-state index in [-0.39, 0.29) is 43.0 Å². The maximum absolute atomic E-state index is 13.6. The lowest BCUT2D eigenvalue weighted by Gasteiger charge is -2.31. The van der Waals surface area contributed by atoms with Crippen molar-refractivity contribution in [3.8, 4) is 0 Å². The first-order valence-electron chi connectivity index (χ1n) is 7.75. The predicted molar refractivity (Wildman–Crippen MR) is 89.2 cm³/mol. The van der Waals surface area contributed by atoms with Gasteiger partial charge in [-0.15, -0.1) is 0 Å². The van der Waals surface area contributed by atoms with E-state index in [9.17, 15) is 27.3 Å². The minimum atomic E-state index is -4.70. The molecule has 0 radical (unpaired) electrons. The smallest absolute Gasteiger partial charge is 0.378 e. The van der Waals surface area contributed by atoms with Gasteiger partial charge < -0.3 is 19.5 Å². The topological polar surface area (TPSA) is 114 Å². The van der Waals surface area contributed by atoms with Crippen molar-refractivity contribution < 1.29 is 31.9 Å². The van der Waals surface area contributed by atoms with Gasteiger partial charge in [-0.1, -0.05) is 0 Å². The van der Waals surface area contributed by atoms with Crippen LogP contribution in [0.5, 0.6) is 0 Å². The van der Waals surface area contributed by atoms with Crippen LogP contribution < -0.4 is 16.0 Å². The Bertz CT molecular complexity index is 996. The molecule has 0 amide bonds. The summed E-state index contributed by atoms with van der Waals surface area (Å²) in [5.41, 5.74) is -3.75. The summed E-state index contributed by atoms with van der Waals surface area (Å²) in [5.74, 6) is 0. The van der Waals surface area contributed by atoms with Crippen LogP contribution in [0.15, 0.2) is 21.7 Å². The van der Waals surface area contributed by atoms with Gasteiger partial charge in [-0.05, 0) is 12.1 Å². The molecular weight excluding hydrogens is 394 g/mol. The van der Waals surface area contributed by atoms with Gasteiger partial charge in [0.1, 0.15) is 6.73 Å². The Morgan fingerprint density at radius 1 is 1.26 bits per heavy atom. The Kier molecular flexibility index (Phi) is 5.43. The summed E-state index contributed by atoms with van der Waals surface area (Å²) in [6, 6.07) is 1.85. The number of ether oxygens (including phenoxy) is 1. The summed E-state index contributed by atoms with van der Waals surface area (Å²) in [4.78, 5) is 36.2. The lowest BCUT2D eigenvalue weighted by atomic mass is 10.1. The average Bonchev–Trinajstić information content (AvgIpc) is 2.61. The Balaban J connectivity index is 2.27. The molecule has 1 aliphatic rings. The maximum atomic E-state index is 13.6. The zero-order valence-electron chi connectivity index (χ0n) is 13.7. The highest BCUT2D eigenvalue weighted by molar-refractivity contribution is 7.32. The van der Waals surface area contributed by atoms with Crippen molar-refractivity contribution in [2.24, 2.45) is 0 Å². The van der Waals surface area contributed by atoms with E-state index < -0.39 is 37.8 Å². The van der Waals surface area contributed by atoms with E-state index in [1.165, 1.54) is 4.90 Å². The molecule has 1 aromatic heterocycles. The summed E-state index contributed by atoms with van der Waals surface area (Å²) in [5, 5.41) is 0. The third-order valence-corrected chi connectivity index (χ3v) is 4.44. The van der Waals surface area contributed by atoms with Crippen molar-refractivity contribution in [1.29, 1.82) is 0 Å². The van der Waals surface area contributed by atoms with Gasteiger partial charge in [0.2, 0.25) is 0 Å². The molecule has 0 aliphatic carbocycles. The molecule has 1 aliphatic heterocycles. The number of hydrogen-bond acceptors (Lipinski definition) is 6. The second-order valence-corrected chi connectivity index (χ2v) is 6.53. The van der Waals surface area contributed by atoms with Gasteiger partial charge in [0.15, 0.2) is 0 Å². The zero-order valence-corrected chi connectivity index (χ0v) is 14.7. The number of hydrogen-bond donors (Lipinski definition) is 2. The molecule has 0 saturated carbocycles. The van der Waals surface area contributed by atoms with Gasteiger partial charge in [-0.3, -0.25) is 23.2 Å². The van der Waals surface area contributed by atoms with E-state index in [1.807, 2.05) is 0 Å². The molecule has 0 bridgehead atoms. The normalized spacial score (nSPS) is 16.7. The molecular formula is C14H15F3N3O6P. The molecule has 13 heteroatoms. The van der Waals surface area contributed by atoms with Crippen LogP contribution in [-0.2, 0) is 26.7 Å². The summed E-state index contributed by atoms with van der Waals surface area (Å²) in [7, 11) is -3.42. The summed E-state index contributed by atoms with van der Waals surface area (Å²) in [6.45, 7) is 0.153. The number of morpholine rings is 1. The zero-order chi connectivity index (χ0) is 19.8. The number of H-pyrrole nitrogens is 1. The van der Waals surface area contributed by atoms with Crippen molar-refractivity contribution in [3.63, 3.8) is 0 Å². The fraction of sp³-hybridized carbons (Fsp3) is 0.429. The van der Waals surface area contributed by atoms with Gasteiger partial charge in [0.25, 0.3) is 0 Å². The largest absolute Gasteiger partial charge is 0.418 e. The molecule has 2 aromatic rings. The monoisotopic (exact) mass is 409 g/mol. The van der Waals surface area contributed by atoms with Gasteiger partial charge in [-0.25, -0.2) is 0 Å². The molecule has 9 nitrogen and oxygen atoms in total. The molecule has 0 spiro atoms. The van der Waals surface area contributed by atoms with Gasteiger partial charge in [0.05, 0.1) is 35.5 Å². The molecule has 2 N–H and O–H groups in total. The molecule has 148 valence electrons. The molecule has 1 fully saturated rings. The third kappa shape index (κ3) is 4.08. The molecule has 1 unspecified atom stereocenters. The van der Waals surface area contributed by atoms with Gasteiger partial charge in [-0.2, -0.15) is 13.2 Å². The van der Waals surface area contributed by atoms with Gasteiger partial charge >= 0.3 is 25.5 Å². The number of halogens is 3. The number of nitrogens with one attached hydrogen (secondary N) is 1. The highest BCUT2D eigenvalue weighted by atomic mass is 31.1. The summed E-state index contributed by atoms with van der Waals surface area (Å²) < 4.78 is 61.8. The fourth-order valence-corrected chi connectivity index (χ4v) is 3.09. The van der Waals surface area contributed by atoms with Crippen LogP contribution in [0.25, 0.3) is 11.0 Å². The van der Waals surface area contributed by atoms with Crippen LogP contribution in [0.3, 0.4) is 0 Å². The first kappa shape index (κ1) is 19.6. The van der Waals surface area contributed by atoms with E-state index in [0.717, 1.165) is 16.7 Å². The molecule has 27 heavy (non-hydrogen) atoms. The number of anilines is 1. The van der Waals surface area contributed by atoms with Crippen LogP contribution in [0, 0.1) is 0 Å². The quantitative estimate of drug-likeness (QED) is 0.570. The van der Waals surface area contributed by atoms with E-state index >= 15 is 0 Å². The number of rotatable bonds is 4. The SMILES string of the molecule is O=c1[nH]c2cc(C(F)(F)F)c(N3CCOCC3)cc2n(CO[PH](=O)O)c1=O. The Morgan fingerprint density at radius 3 is 2.52 bits per heavy atom. The number of alkyl halides is 3. The minimum Gasteiger partial charge on any atom is -0.378 e. The van der Waals surface area contributed by atoms with Crippen molar-refractivity contribution in [2.45, 2.75) is 12.9 Å². The Morgan fingerprint density at radius 2 is 1.93 bits per heavy atom. The molecule has 3 rings (SSSR count). The van der Waals surface area contributed by atoms with Crippen LogP contribution in [0.4, 0.5) is 18.9 Å². The highest BCUT2D eigenvalue weighted by Crippen LogP contribution is 2.39. The maximum Gasteiger partial charge on any atom is 0.418 e. The lowest BCUT2D eigenvalue weighted by molar-refractivity contribution is -0.137. The number of nitrogens with zero attached hydrogens (tertiary/aromatic N) is 2. The second-order valence-electron chi connectivity index (χ2n) is 5.71. The first-order valence-corrected chi connectivity index (χ1v) is 9.01. The van der Waals surface area contributed by atoms with E-state index in [2.05, 4.69) is 9.51 Å².